The van der Waals surface area contributed by atoms with Crippen molar-refractivity contribution in [1.29, 1.82) is 0 Å². The Morgan fingerprint density at radius 2 is 1.15 bits per heavy atom. The van der Waals surface area contributed by atoms with Crippen molar-refractivity contribution in [3.63, 3.8) is 0 Å². The fourth-order valence-corrected chi connectivity index (χ4v) is 13.1. The van der Waals surface area contributed by atoms with Crippen LogP contribution in [-0.4, -0.2) is 25.4 Å². The zero-order chi connectivity index (χ0) is 39.4. The van der Waals surface area contributed by atoms with Crippen molar-refractivity contribution in [2.24, 2.45) is 5.92 Å². The molecular formula is C52H81N2P. The predicted molar refractivity (Wildman–Crippen MR) is 248 cm³/mol. The van der Waals surface area contributed by atoms with E-state index in [4.69, 9.17) is 0 Å². The van der Waals surface area contributed by atoms with Crippen LogP contribution in [0.3, 0.4) is 0 Å². The molecule has 1 fully saturated rings. The molecule has 0 amide bonds. The number of aryl methyl sites for hydroxylation is 6. The van der Waals surface area contributed by atoms with Crippen LogP contribution in [0.4, 0.5) is 0 Å². The number of allylic oxidation sites excluding steroid dienone is 7. The van der Waals surface area contributed by atoms with Crippen LogP contribution in [0.1, 0.15) is 180 Å². The molecule has 1 aliphatic heterocycles. The molecule has 0 saturated carbocycles. The Bertz CT molecular complexity index is 1500. The van der Waals surface area contributed by atoms with Gasteiger partial charge in [0.15, 0.2) is 0 Å². The minimum Gasteiger partial charge on any atom is -0.370 e. The van der Waals surface area contributed by atoms with Crippen LogP contribution in [-0.2, 0) is 0 Å². The molecule has 1 aliphatic carbocycles. The molecule has 0 bridgehead atoms. The lowest BCUT2D eigenvalue weighted by atomic mass is 9.85. The van der Waals surface area contributed by atoms with E-state index in [1.54, 1.807) is 16.7 Å². The first-order valence-electron chi connectivity index (χ1n) is 22.9. The second kappa shape index (κ2) is 24.9. The van der Waals surface area contributed by atoms with Crippen LogP contribution in [0.25, 0.3) is 5.57 Å². The maximum Gasteiger partial charge on any atom is 0.103 e. The summed E-state index contributed by atoms with van der Waals surface area (Å²) in [7, 11) is -0.0209. The van der Waals surface area contributed by atoms with Crippen molar-refractivity contribution in [1.82, 2.24) is 10.6 Å². The largest absolute Gasteiger partial charge is 0.370 e. The molecule has 1 saturated heterocycles. The van der Waals surface area contributed by atoms with Crippen molar-refractivity contribution in [2.45, 2.75) is 177 Å². The van der Waals surface area contributed by atoms with Crippen molar-refractivity contribution >= 4 is 13.5 Å². The average Bonchev–Trinajstić information content (AvgIpc) is 3.69. The molecule has 2 aromatic carbocycles. The van der Waals surface area contributed by atoms with Gasteiger partial charge in [-0.25, -0.2) is 0 Å². The average molecular weight is 765 g/mol. The molecule has 0 radical (unpaired) electrons. The van der Waals surface area contributed by atoms with Gasteiger partial charge in [0.2, 0.25) is 0 Å². The van der Waals surface area contributed by atoms with Crippen LogP contribution in [0.2, 0.25) is 0 Å². The molecule has 304 valence electrons. The maximum atomic E-state index is 3.60. The third-order valence-electron chi connectivity index (χ3n) is 12.2. The SMILES string of the molecule is CCCCCCCCP(CCCCCCCC)C(CCCCCCC(=CC1C=CC=CC1=C1NCCN1)c1c(C)cc(C)cc1C)c1c(C)cc(C)cc1C. The summed E-state index contributed by atoms with van der Waals surface area (Å²) < 4.78 is 0. The third kappa shape index (κ3) is 14.7. The number of benzene rings is 2. The minimum absolute atomic E-state index is 0.0209. The molecule has 2 unspecified atom stereocenters. The van der Waals surface area contributed by atoms with Gasteiger partial charge in [-0.15, -0.1) is 0 Å². The molecule has 1 heterocycles. The van der Waals surface area contributed by atoms with Crippen molar-refractivity contribution in [3.8, 4) is 0 Å². The van der Waals surface area contributed by atoms with Crippen molar-refractivity contribution in [3.05, 3.63) is 111 Å². The summed E-state index contributed by atoms with van der Waals surface area (Å²) in [6.45, 7) is 20.7. The highest BCUT2D eigenvalue weighted by atomic mass is 31.1. The van der Waals surface area contributed by atoms with Crippen molar-refractivity contribution < 1.29 is 0 Å². The van der Waals surface area contributed by atoms with E-state index >= 15 is 0 Å². The lowest BCUT2D eigenvalue weighted by Gasteiger charge is -2.32. The van der Waals surface area contributed by atoms with E-state index in [1.807, 2.05) is 0 Å². The summed E-state index contributed by atoms with van der Waals surface area (Å²) in [5, 5.41) is 7.20. The highest BCUT2D eigenvalue weighted by Gasteiger charge is 2.25. The molecule has 2 aliphatic rings. The van der Waals surface area contributed by atoms with E-state index in [1.165, 1.54) is 166 Å². The molecule has 55 heavy (non-hydrogen) atoms. The zero-order valence-electron chi connectivity index (χ0n) is 36.9. The van der Waals surface area contributed by atoms with Gasteiger partial charge in [0, 0.05) is 30.2 Å². The fraction of sp³-hybridized carbons (Fsp3) is 0.615. The topological polar surface area (TPSA) is 24.1 Å². The van der Waals surface area contributed by atoms with E-state index in [0.717, 1.165) is 25.2 Å². The Morgan fingerprint density at radius 1 is 0.636 bits per heavy atom. The van der Waals surface area contributed by atoms with E-state index in [9.17, 15) is 0 Å². The Morgan fingerprint density at radius 3 is 1.73 bits per heavy atom. The molecular weight excluding hydrogens is 684 g/mol. The first kappa shape index (κ1) is 45.1. The van der Waals surface area contributed by atoms with Gasteiger partial charge in [-0.05, 0) is 125 Å². The molecule has 2 nitrogen and oxygen atoms in total. The number of unbranched alkanes of at least 4 members (excludes halogenated alkanes) is 13. The second-order valence-electron chi connectivity index (χ2n) is 17.3. The van der Waals surface area contributed by atoms with E-state index in [-0.39, 0.29) is 13.8 Å². The van der Waals surface area contributed by atoms with Crippen LogP contribution in [0.15, 0.2) is 66.0 Å². The Kier molecular flexibility index (Phi) is 20.5. The van der Waals surface area contributed by atoms with Gasteiger partial charge >= 0.3 is 0 Å². The molecule has 3 heteroatoms. The van der Waals surface area contributed by atoms with Gasteiger partial charge in [0.05, 0.1) is 0 Å². The van der Waals surface area contributed by atoms with Gasteiger partial charge < -0.3 is 10.6 Å². The Labute approximate surface area is 341 Å². The van der Waals surface area contributed by atoms with Crippen LogP contribution in [0.5, 0.6) is 0 Å². The van der Waals surface area contributed by atoms with Gasteiger partial charge in [0.25, 0.3) is 0 Å². The summed E-state index contributed by atoms with van der Waals surface area (Å²) >= 11 is 0. The normalized spacial score (nSPS) is 16.3. The number of rotatable bonds is 25. The first-order valence-corrected chi connectivity index (χ1v) is 24.7. The zero-order valence-corrected chi connectivity index (χ0v) is 37.7. The Balaban J connectivity index is 1.47. The van der Waals surface area contributed by atoms with Crippen molar-refractivity contribution in [2.75, 3.05) is 25.4 Å². The standard InChI is InChI=1S/C52H81N2P/c1-9-11-13-15-19-25-33-55(34-26-20-16-14-12-10-2)49(51-44(7)37-41(4)38-45(51)8)30-22-18-17-21-28-47(50-42(5)35-40(3)36-43(50)6)39-46-27-23-24-29-48(46)52-53-31-32-54-52/h23-24,27,29,35-39,46,49,53-54H,9-22,25-26,28,30-34H2,1-8H3. The molecule has 2 N–H and O–H groups in total. The smallest absolute Gasteiger partial charge is 0.103 e. The van der Waals surface area contributed by atoms with Gasteiger partial charge in [-0.3, -0.25) is 0 Å². The second-order valence-corrected chi connectivity index (χ2v) is 20.0. The van der Waals surface area contributed by atoms with Crippen LogP contribution >= 0.6 is 7.92 Å². The number of nitrogens with one attached hydrogen (secondary N) is 2. The third-order valence-corrected chi connectivity index (χ3v) is 15.4. The van der Waals surface area contributed by atoms with Gasteiger partial charge in [-0.1, -0.05) is 171 Å². The molecule has 4 rings (SSSR count). The highest BCUT2D eigenvalue weighted by Crippen LogP contribution is 2.56. The maximum absolute atomic E-state index is 3.60. The number of hydrogen-bond donors (Lipinski definition) is 2. The summed E-state index contributed by atoms with van der Waals surface area (Å²) in [5.74, 6) is 1.49. The molecule has 0 aromatic heterocycles. The number of hydrogen-bond acceptors (Lipinski definition) is 2. The quantitative estimate of drug-likeness (QED) is 0.0777. The molecule has 2 atom stereocenters. The first-order chi connectivity index (χ1) is 26.7. The van der Waals surface area contributed by atoms with Gasteiger partial charge in [0.1, 0.15) is 5.82 Å². The molecule has 2 aromatic rings. The van der Waals surface area contributed by atoms with E-state index in [2.05, 4.69) is 121 Å². The lowest BCUT2D eigenvalue weighted by Crippen LogP contribution is -2.17. The summed E-state index contributed by atoms with van der Waals surface area (Å²) in [5.41, 5.74) is 15.6. The minimum atomic E-state index is -0.0209. The van der Waals surface area contributed by atoms with Gasteiger partial charge in [-0.2, -0.15) is 0 Å². The monoisotopic (exact) mass is 765 g/mol. The lowest BCUT2D eigenvalue weighted by molar-refractivity contribution is 0.603. The fourth-order valence-electron chi connectivity index (χ4n) is 9.64. The predicted octanol–water partition coefficient (Wildman–Crippen LogP) is 15.4. The summed E-state index contributed by atoms with van der Waals surface area (Å²) in [4.78, 5) is 0. The van der Waals surface area contributed by atoms with Crippen LogP contribution in [0, 0.1) is 47.5 Å². The van der Waals surface area contributed by atoms with Crippen LogP contribution < -0.4 is 10.6 Å². The van der Waals surface area contributed by atoms with E-state index in [0.29, 0.717) is 0 Å². The van der Waals surface area contributed by atoms with E-state index < -0.39 is 0 Å². The molecule has 0 spiro atoms. The highest BCUT2D eigenvalue weighted by molar-refractivity contribution is 7.58. The Hall–Kier alpha value is -2.57. The summed E-state index contributed by atoms with van der Waals surface area (Å²) in [6, 6.07) is 9.74. The summed E-state index contributed by atoms with van der Waals surface area (Å²) in [6.07, 6.45) is 39.4.